The Bertz CT molecular complexity index is 1390. The second-order valence-electron chi connectivity index (χ2n) is 8.17. The lowest BCUT2D eigenvalue weighted by Gasteiger charge is -2.15. The Labute approximate surface area is 230 Å². The molecule has 0 saturated carbocycles. The van der Waals surface area contributed by atoms with E-state index < -0.39 is 11.8 Å². The van der Waals surface area contributed by atoms with Crippen LogP contribution in [0, 0.1) is 6.92 Å². The molecule has 38 heavy (non-hydrogen) atoms. The third-order valence-electron chi connectivity index (χ3n) is 5.30. The topological polar surface area (TPSA) is 97.0 Å². The number of aryl methyl sites for hydroxylation is 1. The molecule has 10 heteroatoms. The van der Waals surface area contributed by atoms with Crippen LogP contribution >= 0.6 is 24.0 Å². The van der Waals surface area contributed by atoms with E-state index in [2.05, 4.69) is 10.7 Å². The molecule has 0 spiro atoms. The van der Waals surface area contributed by atoms with Crippen LogP contribution in [0.1, 0.15) is 28.4 Å². The van der Waals surface area contributed by atoms with Gasteiger partial charge in [-0.2, -0.15) is 5.01 Å². The van der Waals surface area contributed by atoms with Crippen LogP contribution in [0.2, 0.25) is 0 Å². The highest BCUT2D eigenvalue weighted by molar-refractivity contribution is 8.26. The van der Waals surface area contributed by atoms with Crippen LogP contribution in [-0.4, -0.2) is 40.3 Å². The number of hydrogen-bond acceptors (Lipinski definition) is 7. The molecule has 1 saturated heterocycles. The number of rotatable bonds is 9. The Morgan fingerprint density at radius 2 is 1.74 bits per heavy atom. The number of thiocarbonyl (C=S) groups is 1. The summed E-state index contributed by atoms with van der Waals surface area (Å²) in [5, 5.41) is 3.85. The van der Waals surface area contributed by atoms with Crippen molar-refractivity contribution < 1.29 is 23.9 Å². The van der Waals surface area contributed by atoms with Crippen molar-refractivity contribution in [3.63, 3.8) is 0 Å². The molecule has 0 aromatic heterocycles. The summed E-state index contributed by atoms with van der Waals surface area (Å²) in [6, 6.07) is 21.2. The fourth-order valence-electron chi connectivity index (χ4n) is 3.45. The number of amides is 3. The van der Waals surface area contributed by atoms with E-state index in [-0.39, 0.29) is 16.8 Å². The van der Waals surface area contributed by atoms with Gasteiger partial charge in [-0.15, -0.1) is 0 Å². The first-order valence-corrected chi connectivity index (χ1v) is 13.0. The number of anilines is 1. The zero-order valence-corrected chi connectivity index (χ0v) is 22.4. The van der Waals surface area contributed by atoms with Gasteiger partial charge in [0, 0.05) is 11.3 Å². The molecule has 1 aliphatic heterocycles. The summed E-state index contributed by atoms with van der Waals surface area (Å²) in [7, 11) is 0. The maximum atomic E-state index is 12.9. The first-order chi connectivity index (χ1) is 18.3. The summed E-state index contributed by atoms with van der Waals surface area (Å²) in [6.07, 6.45) is 1.66. The summed E-state index contributed by atoms with van der Waals surface area (Å²) in [5.41, 5.74) is 5.42. The van der Waals surface area contributed by atoms with Gasteiger partial charge in [0.05, 0.1) is 11.5 Å². The predicted molar refractivity (Wildman–Crippen MR) is 152 cm³/mol. The van der Waals surface area contributed by atoms with Crippen LogP contribution in [0.4, 0.5) is 5.69 Å². The number of benzene rings is 3. The minimum atomic E-state index is -0.435. The van der Waals surface area contributed by atoms with Gasteiger partial charge in [0.15, 0.2) is 22.4 Å². The highest BCUT2D eigenvalue weighted by Gasteiger charge is 2.33. The summed E-state index contributed by atoms with van der Waals surface area (Å²) < 4.78 is 11.6. The second kappa shape index (κ2) is 12.4. The van der Waals surface area contributed by atoms with Crippen molar-refractivity contribution in [3.05, 3.63) is 94.4 Å². The lowest BCUT2D eigenvalue weighted by molar-refractivity contribution is -0.123. The van der Waals surface area contributed by atoms with Gasteiger partial charge >= 0.3 is 0 Å². The average molecular weight is 548 g/mol. The van der Waals surface area contributed by atoms with Gasteiger partial charge in [-0.3, -0.25) is 19.8 Å². The van der Waals surface area contributed by atoms with Gasteiger partial charge in [0.25, 0.3) is 17.7 Å². The van der Waals surface area contributed by atoms with Crippen LogP contribution in [-0.2, 0) is 9.59 Å². The molecule has 1 heterocycles. The Morgan fingerprint density at radius 3 is 2.45 bits per heavy atom. The standard InChI is InChI=1S/C28H25N3O5S2/c1-3-35-23-15-19(11-14-22(23)36-17-25(32)29-21-12-9-18(2)10-13-21)16-24-27(34)31(28(37)38-24)30-26(33)20-7-5-4-6-8-20/h4-16H,3,17H2,1-2H3,(H,29,32)(H,30,33)/b24-16-. The predicted octanol–water partition coefficient (Wildman–Crippen LogP) is 4.96. The van der Waals surface area contributed by atoms with Gasteiger partial charge in [0.1, 0.15) is 0 Å². The molecule has 3 aromatic carbocycles. The first kappa shape index (κ1) is 26.9. The molecule has 1 fully saturated rings. The number of carbonyl (C=O) groups is 3. The van der Waals surface area contributed by atoms with Crippen molar-refractivity contribution in [2.75, 3.05) is 18.5 Å². The monoisotopic (exact) mass is 547 g/mol. The van der Waals surface area contributed by atoms with E-state index >= 15 is 0 Å². The third kappa shape index (κ3) is 6.78. The van der Waals surface area contributed by atoms with Gasteiger partial charge in [-0.05, 0) is 74.1 Å². The zero-order chi connectivity index (χ0) is 27.1. The van der Waals surface area contributed by atoms with E-state index in [1.54, 1.807) is 54.6 Å². The second-order valence-corrected chi connectivity index (χ2v) is 9.84. The van der Waals surface area contributed by atoms with E-state index in [1.165, 1.54) is 0 Å². The van der Waals surface area contributed by atoms with E-state index in [1.807, 2.05) is 38.1 Å². The molecule has 1 aliphatic rings. The Hall–Kier alpha value is -4.15. The summed E-state index contributed by atoms with van der Waals surface area (Å²) in [6.45, 7) is 3.98. The minimum Gasteiger partial charge on any atom is -0.490 e. The van der Waals surface area contributed by atoms with Gasteiger partial charge in [-0.1, -0.05) is 53.7 Å². The molecule has 3 amide bonds. The number of thioether (sulfide) groups is 1. The molecule has 2 N–H and O–H groups in total. The van der Waals surface area contributed by atoms with Crippen LogP contribution in [0.15, 0.2) is 77.7 Å². The number of carbonyl (C=O) groups excluding carboxylic acids is 3. The maximum absolute atomic E-state index is 12.9. The van der Waals surface area contributed by atoms with Gasteiger partial charge in [-0.25, -0.2) is 0 Å². The number of ether oxygens (including phenoxy) is 2. The molecule has 0 atom stereocenters. The van der Waals surface area contributed by atoms with E-state index in [9.17, 15) is 14.4 Å². The molecule has 8 nitrogen and oxygen atoms in total. The summed E-state index contributed by atoms with van der Waals surface area (Å²) in [4.78, 5) is 38.1. The lowest BCUT2D eigenvalue weighted by atomic mass is 10.2. The van der Waals surface area contributed by atoms with Gasteiger partial charge in [0.2, 0.25) is 0 Å². The molecule has 0 bridgehead atoms. The van der Waals surface area contributed by atoms with Crippen molar-refractivity contribution >= 4 is 57.8 Å². The number of hydrazine groups is 1. The van der Waals surface area contributed by atoms with Crippen molar-refractivity contribution in [2.24, 2.45) is 0 Å². The highest BCUT2D eigenvalue weighted by atomic mass is 32.2. The number of hydrogen-bond donors (Lipinski definition) is 2. The summed E-state index contributed by atoms with van der Waals surface area (Å²) in [5.74, 6) is -0.352. The molecule has 0 unspecified atom stereocenters. The van der Waals surface area contributed by atoms with Crippen molar-refractivity contribution in [3.8, 4) is 11.5 Å². The van der Waals surface area contributed by atoms with Crippen molar-refractivity contribution in [2.45, 2.75) is 13.8 Å². The van der Waals surface area contributed by atoms with Crippen LogP contribution in [0.25, 0.3) is 6.08 Å². The fraction of sp³-hybridized carbons (Fsp3) is 0.143. The molecular formula is C28H25N3O5S2. The van der Waals surface area contributed by atoms with E-state index in [4.69, 9.17) is 21.7 Å². The normalized spacial score (nSPS) is 13.9. The zero-order valence-electron chi connectivity index (χ0n) is 20.7. The van der Waals surface area contributed by atoms with E-state index in [0.29, 0.717) is 39.8 Å². The average Bonchev–Trinajstić information content (AvgIpc) is 3.17. The molecular weight excluding hydrogens is 522 g/mol. The summed E-state index contributed by atoms with van der Waals surface area (Å²) >= 11 is 6.39. The SMILES string of the molecule is CCOc1cc(/C=C2\SC(=S)N(NC(=O)c3ccccc3)C2=O)ccc1OCC(=O)Nc1ccc(C)cc1. The molecule has 4 rings (SSSR count). The Morgan fingerprint density at radius 1 is 1.00 bits per heavy atom. The third-order valence-corrected chi connectivity index (χ3v) is 6.60. The van der Waals surface area contributed by atoms with Crippen molar-refractivity contribution in [1.29, 1.82) is 0 Å². The smallest absolute Gasteiger partial charge is 0.285 e. The number of nitrogens with one attached hydrogen (secondary N) is 2. The maximum Gasteiger partial charge on any atom is 0.285 e. The van der Waals surface area contributed by atoms with Crippen LogP contribution in [0.5, 0.6) is 11.5 Å². The number of nitrogens with zero attached hydrogens (tertiary/aromatic N) is 1. The Kier molecular flexibility index (Phi) is 8.77. The van der Waals surface area contributed by atoms with Crippen molar-refractivity contribution in [1.82, 2.24) is 10.4 Å². The molecule has 3 aromatic rings. The molecule has 194 valence electrons. The van der Waals surface area contributed by atoms with Crippen LogP contribution < -0.4 is 20.2 Å². The molecule has 0 radical (unpaired) electrons. The Balaban J connectivity index is 1.43. The minimum absolute atomic E-state index is 0.201. The lowest BCUT2D eigenvalue weighted by Crippen LogP contribution is -2.44. The molecule has 0 aliphatic carbocycles. The van der Waals surface area contributed by atoms with Crippen LogP contribution in [0.3, 0.4) is 0 Å². The van der Waals surface area contributed by atoms with E-state index in [0.717, 1.165) is 22.3 Å². The first-order valence-electron chi connectivity index (χ1n) is 11.7. The highest BCUT2D eigenvalue weighted by Crippen LogP contribution is 2.34. The van der Waals surface area contributed by atoms with Gasteiger partial charge < -0.3 is 14.8 Å². The largest absolute Gasteiger partial charge is 0.490 e. The quantitative estimate of drug-likeness (QED) is 0.289. The fourth-order valence-corrected chi connectivity index (χ4v) is 4.63.